The van der Waals surface area contributed by atoms with E-state index >= 15 is 0 Å². The molecule has 1 aromatic rings. The van der Waals surface area contributed by atoms with E-state index in [1.54, 1.807) is 6.92 Å². The maximum atomic E-state index is 11.6. The van der Waals surface area contributed by atoms with Crippen LogP contribution in [0.15, 0.2) is 24.3 Å². The van der Waals surface area contributed by atoms with E-state index in [0.29, 0.717) is 5.92 Å². The second-order valence-corrected chi connectivity index (χ2v) is 7.39. The normalized spacial score (nSPS) is 29.8. The van der Waals surface area contributed by atoms with E-state index in [-0.39, 0.29) is 30.3 Å². The molecule has 1 saturated heterocycles. The van der Waals surface area contributed by atoms with Crippen molar-refractivity contribution in [2.24, 2.45) is 5.92 Å². The van der Waals surface area contributed by atoms with Gasteiger partial charge in [0.25, 0.3) is 0 Å². The van der Waals surface area contributed by atoms with E-state index in [0.717, 1.165) is 25.0 Å². The largest absolute Gasteiger partial charge is 0.491 e. The van der Waals surface area contributed by atoms with Crippen LogP contribution >= 0.6 is 0 Å². The van der Waals surface area contributed by atoms with Crippen molar-refractivity contribution in [1.82, 2.24) is 5.32 Å². The predicted octanol–water partition coefficient (Wildman–Crippen LogP) is 4.00. The van der Waals surface area contributed by atoms with Gasteiger partial charge < -0.3 is 14.8 Å². The molecule has 1 saturated carbocycles. The summed E-state index contributed by atoms with van der Waals surface area (Å²) in [4.78, 5) is 11.6. The topological polar surface area (TPSA) is 47.6 Å². The van der Waals surface area contributed by atoms with Gasteiger partial charge >= 0.3 is 0 Å². The summed E-state index contributed by atoms with van der Waals surface area (Å²) < 4.78 is 12.1. The lowest BCUT2D eigenvalue weighted by Crippen LogP contribution is -2.50. The summed E-state index contributed by atoms with van der Waals surface area (Å²) in [5, 5.41) is 3.17. The van der Waals surface area contributed by atoms with Crippen molar-refractivity contribution < 1.29 is 14.3 Å². The first-order valence-electron chi connectivity index (χ1n) is 9.22. The Morgan fingerprint density at radius 1 is 1.21 bits per heavy atom. The third-order valence-electron chi connectivity index (χ3n) is 5.09. The Morgan fingerprint density at radius 3 is 2.58 bits per heavy atom. The van der Waals surface area contributed by atoms with Crippen molar-refractivity contribution >= 4 is 5.91 Å². The standard InChI is InChI=1S/C20H29NO3/c1-13(2)23-16-10-8-15(9-11-16)20-12-18(21-14(3)22)17-6-4-5-7-19(17)24-20/h8-11,13,17-20H,4-7,12H2,1-3H3,(H,21,22)/t17-,18+,19+,20+/m0/s1. The fourth-order valence-electron chi connectivity index (χ4n) is 4.10. The minimum absolute atomic E-state index is 0.0503. The number of amides is 1. The fourth-order valence-corrected chi connectivity index (χ4v) is 4.10. The number of nitrogens with one attached hydrogen (secondary N) is 1. The van der Waals surface area contributed by atoms with Gasteiger partial charge in [0.15, 0.2) is 0 Å². The summed E-state index contributed by atoms with van der Waals surface area (Å²) in [7, 11) is 0. The molecule has 1 heterocycles. The first kappa shape index (κ1) is 17.3. The minimum atomic E-state index is 0.0503. The number of hydrogen-bond donors (Lipinski definition) is 1. The van der Waals surface area contributed by atoms with Crippen LogP contribution in [0.25, 0.3) is 0 Å². The van der Waals surface area contributed by atoms with Gasteiger partial charge in [-0.2, -0.15) is 0 Å². The van der Waals surface area contributed by atoms with Crippen molar-refractivity contribution in [3.8, 4) is 5.75 Å². The SMILES string of the molecule is CC(=O)N[C@@H]1C[C@H](c2ccc(OC(C)C)cc2)O[C@@H]2CCCC[C@@H]12. The van der Waals surface area contributed by atoms with E-state index in [1.165, 1.54) is 18.4 Å². The maximum absolute atomic E-state index is 11.6. The highest BCUT2D eigenvalue weighted by atomic mass is 16.5. The fraction of sp³-hybridized carbons (Fsp3) is 0.650. The van der Waals surface area contributed by atoms with E-state index in [2.05, 4.69) is 17.4 Å². The molecular formula is C20H29NO3. The highest BCUT2D eigenvalue weighted by Gasteiger charge is 2.40. The zero-order chi connectivity index (χ0) is 17.1. The van der Waals surface area contributed by atoms with Crippen LogP contribution in [-0.4, -0.2) is 24.2 Å². The molecule has 0 bridgehead atoms. The average Bonchev–Trinajstić information content (AvgIpc) is 2.54. The highest BCUT2D eigenvalue weighted by molar-refractivity contribution is 5.73. The molecule has 1 N–H and O–H groups in total. The number of carbonyl (C=O) groups is 1. The Labute approximate surface area is 144 Å². The van der Waals surface area contributed by atoms with Gasteiger partial charge in [0, 0.05) is 18.9 Å². The van der Waals surface area contributed by atoms with Crippen molar-refractivity contribution in [1.29, 1.82) is 0 Å². The minimum Gasteiger partial charge on any atom is -0.491 e. The van der Waals surface area contributed by atoms with Crippen molar-refractivity contribution in [3.63, 3.8) is 0 Å². The lowest BCUT2D eigenvalue weighted by Gasteiger charge is -2.45. The molecule has 4 atom stereocenters. The molecule has 1 aliphatic carbocycles. The number of benzene rings is 1. The van der Waals surface area contributed by atoms with Crippen LogP contribution in [0.3, 0.4) is 0 Å². The molecule has 0 unspecified atom stereocenters. The van der Waals surface area contributed by atoms with Gasteiger partial charge in [-0.1, -0.05) is 25.0 Å². The van der Waals surface area contributed by atoms with Crippen LogP contribution in [0.2, 0.25) is 0 Å². The Bertz CT molecular complexity index is 555. The lowest BCUT2D eigenvalue weighted by molar-refractivity contribution is -0.131. The van der Waals surface area contributed by atoms with Gasteiger partial charge in [-0.15, -0.1) is 0 Å². The van der Waals surface area contributed by atoms with Crippen LogP contribution in [0.1, 0.15) is 64.5 Å². The quantitative estimate of drug-likeness (QED) is 0.907. The number of carbonyl (C=O) groups excluding carboxylic acids is 1. The van der Waals surface area contributed by atoms with Crippen LogP contribution in [-0.2, 0) is 9.53 Å². The summed E-state index contributed by atoms with van der Waals surface area (Å²) in [6, 6.07) is 8.43. The van der Waals surface area contributed by atoms with Gasteiger partial charge in [0.2, 0.25) is 5.91 Å². The van der Waals surface area contributed by atoms with Crippen LogP contribution in [0.5, 0.6) is 5.75 Å². The third kappa shape index (κ3) is 4.10. The summed E-state index contributed by atoms with van der Waals surface area (Å²) >= 11 is 0. The first-order chi connectivity index (χ1) is 11.5. The molecule has 1 amide bonds. The van der Waals surface area contributed by atoms with Gasteiger partial charge in [0.1, 0.15) is 5.75 Å². The van der Waals surface area contributed by atoms with E-state index in [4.69, 9.17) is 9.47 Å². The molecule has 24 heavy (non-hydrogen) atoms. The molecule has 1 aromatic carbocycles. The number of rotatable bonds is 4. The molecule has 1 aliphatic heterocycles. The van der Waals surface area contributed by atoms with Gasteiger partial charge in [0.05, 0.1) is 18.3 Å². The van der Waals surface area contributed by atoms with Crippen molar-refractivity contribution in [3.05, 3.63) is 29.8 Å². The van der Waals surface area contributed by atoms with E-state index in [9.17, 15) is 4.79 Å². The van der Waals surface area contributed by atoms with Gasteiger partial charge in [-0.3, -0.25) is 4.79 Å². The van der Waals surface area contributed by atoms with Crippen molar-refractivity contribution in [2.75, 3.05) is 0 Å². The molecule has 0 radical (unpaired) electrons. The molecule has 2 fully saturated rings. The zero-order valence-electron chi connectivity index (χ0n) is 15.0. The monoisotopic (exact) mass is 331 g/mol. The molecule has 0 aromatic heterocycles. The molecule has 3 rings (SSSR count). The van der Waals surface area contributed by atoms with Gasteiger partial charge in [-0.25, -0.2) is 0 Å². The zero-order valence-corrected chi connectivity index (χ0v) is 15.0. The van der Waals surface area contributed by atoms with Crippen molar-refractivity contribution in [2.45, 2.75) is 77.2 Å². The highest BCUT2D eigenvalue weighted by Crippen LogP contribution is 2.41. The summed E-state index contributed by atoms with van der Waals surface area (Å²) in [5.74, 6) is 1.41. The Morgan fingerprint density at radius 2 is 1.92 bits per heavy atom. The molecular weight excluding hydrogens is 302 g/mol. The Hall–Kier alpha value is -1.55. The van der Waals surface area contributed by atoms with Crippen LogP contribution in [0, 0.1) is 5.92 Å². The van der Waals surface area contributed by atoms with E-state index < -0.39 is 0 Å². The summed E-state index contributed by atoms with van der Waals surface area (Å²) in [5.41, 5.74) is 1.17. The second-order valence-electron chi connectivity index (χ2n) is 7.39. The summed E-state index contributed by atoms with van der Waals surface area (Å²) in [6.45, 7) is 5.67. The lowest BCUT2D eigenvalue weighted by atomic mass is 9.76. The first-order valence-corrected chi connectivity index (χ1v) is 9.22. The third-order valence-corrected chi connectivity index (χ3v) is 5.09. The Balaban J connectivity index is 1.73. The van der Waals surface area contributed by atoms with Crippen LogP contribution in [0.4, 0.5) is 0 Å². The molecule has 4 heteroatoms. The van der Waals surface area contributed by atoms with Gasteiger partial charge in [-0.05, 0) is 50.8 Å². The number of ether oxygens (including phenoxy) is 2. The Kier molecular flexibility index (Phi) is 5.44. The maximum Gasteiger partial charge on any atom is 0.217 e. The van der Waals surface area contributed by atoms with E-state index in [1.807, 2.05) is 26.0 Å². The average molecular weight is 331 g/mol. The molecule has 132 valence electrons. The predicted molar refractivity (Wildman–Crippen MR) is 94.0 cm³/mol. The van der Waals surface area contributed by atoms with Crippen LogP contribution < -0.4 is 10.1 Å². The number of hydrogen-bond acceptors (Lipinski definition) is 3. The molecule has 2 aliphatic rings. The second kappa shape index (κ2) is 7.56. The molecule has 4 nitrogen and oxygen atoms in total. The smallest absolute Gasteiger partial charge is 0.217 e. The summed E-state index contributed by atoms with van der Waals surface area (Å²) in [6.07, 6.45) is 6.07. The number of fused-ring (bicyclic) bond motifs is 1. The molecule has 0 spiro atoms.